The zero-order chi connectivity index (χ0) is 23.1. The summed E-state index contributed by atoms with van der Waals surface area (Å²) in [6, 6.07) is 12.1. The van der Waals surface area contributed by atoms with Crippen molar-refractivity contribution in [2.24, 2.45) is 0 Å². The Morgan fingerprint density at radius 3 is 2.59 bits per heavy atom. The lowest BCUT2D eigenvalue weighted by molar-refractivity contribution is -0.145. The van der Waals surface area contributed by atoms with Gasteiger partial charge in [0.1, 0.15) is 0 Å². The number of thioether (sulfide) groups is 1. The van der Waals surface area contributed by atoms with Crippen LogP contribution in [0.1, 0.15) is 25.0 Å². The smallest absolute Gasteiger partial charge is 0.344 e. The predicted molar refractivity (Wildman–Crippen MR) is 123 cm³/mol. The van der Waals surface area contributed by atoms with Crippen molar-refractivity contribution < 1.29 is 28.6 Å². The highest BCUT2D eigenvalue weighted by Gasteiger charge is 2.35. The lowest BCUT2D eigenvalue weighted by atomic mass is 10.1. The topological polar surface area (TPSA) is 82.1 Å². The maximum Gasteiger partial charge on any atom is 0.344 e. The van der Waals surface area contributed by atoms with Crippen LogP contribution in [0.5, 0.6) is 11.5 Å². The first kappa shape index (κ1) is 23.7. The monoisotopic (exact) mass is 475 g/mol. The molecule has 0 bridgehead atoms. The third-order valence-corrected chi connectivity index (χ3v) is 5.46. The van der Waals surface area contributed by atoms with Crippen molar-refractivity contribution in [2.45, 2.75) is 20.4 Å². The number of rotatable bonds is 9. The van der Waals surface area contributed by atoms with Crippen molar-refractivity contribution >= 4 is 46.6 Å². The van der Waals surface area contributed by atoms with Crippen LogP contribution in [-0.2, 0) is 20.9 Å². The number of nitrogens with zero attached hydrogens (tertiary/aromatic N) is 1. The Labute approximate surface area is 195 Å². The van der Waals surface area contributed by atoms with Gasteiger partial charge in [-0.2, -0.15) is 0 Å². The molecule has 0 N–H and O–H groups in total. The Balaban J connectivity index is 1.76. The molecule has 2 aromatic carbocycles. The average molecular weight is 476 g/mol. The first-order valence-corrected chi connectivity index (χ1v) is 11.2. The van der Waals surface area contributed by atoms with Crippen LogP contribution in [0.2, 0.25) is 5.02 Å². The number of halogens is 1. The molecule has 32 heavy (non-hydrogen) atoms. The summed E-state index contributed by atoms with van der Waals surface area (Å²) in [5.74, 6) is -0.0530. The zero-order valence-corrected chi connectivity index (χ0v) is 19.2. The van der Waals surface area contributed by atoms with E-state index in [1.165, 1.54) is 4.90 Å². The molecule has 0 atom stereocenters. The Hall–Kier alpha value is -2.97. The Morgan fingerprint density at radius 2 is 1.88 bits per heavy atom. The van der Waals surface area contributed by atoms with Crippen LogP contribution in [0.3, 0.4) is 0 Å². The molecule has 0 saturated carbocycles. The molecule has 2 amide bonds. The van der Waals surface area contributed by atoms with Crippen LogP contribution in [0.25, 0.3) is 6.08 Å². The number of hydrogen-bond acceptors (Lipinski definition) is 7. The fourth-order valence-electron chi connectivity index (χ4n) is 2.95. The molecule has 1 aliphatic rings. The van der Waals surface area contributed by atoms with Gasteiger partial charge in [-0.25, -0.2) is 4.79 Å². The van der Waals surface area contributed by atoms with Crippen molar-refractivity contribution in [3.05, 3.63) is 63.5 Å². The minimum Gasteiger partial charge on any atom is -0.490 e. The van der Waals surface area contributed by atoms with Gasteiger partial charge in [-0.05, 0) is 67.1 Å². The van der Waals surface area contributed by atoms with Crippen LogP contribution >= 0.6 is 23.4 Å². The van der Waals surface area contributed by atoms with E-state index in [1.54, 1.807) is 49.4 Å². The maximum absolute atomic E-state index is 12.8. The molecule has 1 fully saturated rings. The highest BCUT2D eigenvalue weighted by molar-refractivity contribution is 8.18. The third-order valence-electron chi connectivity index (χ3n) is 4.32. The quantitative estimate of drug-likeness (QED) is 0.376. The van der Waals surface area contributed by atoms with E-state index in [0.717, 1.165) is 17.3 Å². The van der Waals surface area contributed by atoms with E-state index >= 15 is 0 Å². The van der Waals surface area contributed by atoms with Crippen molar-refractivity contribution in [3.63, 3.8) is 0 Å². The molecule has 0 radical (unpaired) electrons. The second-order valence-electron chi connectivity index (χ2n) is 6.63. The molecule has 0 unspecified atom stereocenters. The Bertz CT molecular complexity index is 1050. The molecular weight excluding hydrogens is 454 g/mol. The number of ether oxygens (including phenoxy) is 3. The minimum atomic E-state index is -0.479. The molecule has 1 aliphatic heterocycles. The summed E-state index contributed by atoms with van der Waals surface area (Å²) in [5.41, 5.74) is 1.42. The highest BCUT2D eigenvalue weighted by atomic mass is 35.5. The van der Waals surface area contributed by atoms with E-state index < -0.39 is 5.97 Å². The van der Waals surface area contributed by atoms with Crippen molar-refractivity contribution in [1.82, 2.24) is 4.90 Å². The molecule has 3 rings (SSSR count). The van der Waals surface area contributed by atoms with E-state index in [0.29, 0.717) is 33.6 Å². The van der Waals surface area contributed by atoms with E-state index in [2.05, 4.69) is 0 Å². The second kappa shape index (κ2) is 11.1. The number of carbonyl (C=O) groups excluding carboxylic acids is 3. The minimum absolute atomic E-state index is 0.146. The molecule has 1 saturated heterocycles. The largest absolute Gasteiger partial charge is 0.490 e. The van der Waals surface area contributed by atoms with Gasteiger partial charge < -0.3 is 14.2 Å². The van der Waals surface area contributed by atoms with Crippen LogP contribution in [0.4, 0.5) is 4.79 Å². The highest BCUT2D eigenvalue weighted by Crippen LogP contribution is 2.35. The van der Waals surface area contributed by atoms with Gasteiger partial charge in [0.15, 0.2) is 18.1 Å². The van der Waals surface area contributed by atoms with Crippen LogP contribution in [0, 0.1) is 0 Å². The number of hydrogen-bond donors (Lipinski definition) is 0. The summed E-state index contributed by atoms with van der Waals surface area (Å²) < 4.78 is 16.0. The van der Waals surface area contributed by atoms with Gasteiger partial charge in [0.05, 0.1) is 24.7 Å². The summed E-state index contributed by atoms with van der Waals surface area (Å²) in [4.78, 5) is 38.2. The maximum atomic E-state index is 12.8. The Kier molecular flexibility index (Phi) is 8.19. The number of carbonyl (C=O) groups is 3. The van der Waals surface area contributed by atoms with Gasteiger partial charge in [0, 0.05) is 5.02 Å². The lowest BCUT2D eigenvalue weighted by Gasteiger charge is -2.13. The summed E-state index contributed by atoms with van der Waals surface area (Å²) in [6.07, 6.45) is 1.63. The van der Waals surface area contributed by atoms with Crippen molar-refractivity contribution in [1.29, 1.82) is 0 Å². The summed E-state index contributed by atoms with van der Waals surface area (Å²) in [5, 5.41) is 0.194. The summed E-state index contributed by atoms with van der Waals surface area (Å²) >= 11 is 6.87. The molecule has 168 valence electrons. The van der Waals surface area contributed by atoms with Gasteiger partial charge in [0.2, 0.25) is 0 Å². The normalized spacial score (nSPS) is 14.7. The van der Waals surface area contributed by atoms with E-state index in [-0.39, 0.29) is 30.9 Å². The molecule has 0 aromatic heterocycles. The molecular formula is C23H22ClNO6S. The number of imide groups is 1. The summed E-state index contributed by atoms with van der Waals surface area (Å²) in [6.45, 7) is 4.10. The predicted octanol–water partition coefficient (Wildman–Crippen LogP) is 4.92. The summed E-state index contributed by atoms with van der Waals surface area (Å²) in [7, 11) is 0. The standard InChI is InChI=1S/C23H22ClNO6S/c1-3-29-19-11-15(8-9-18(19)31-14-21(26)30-4-2)12-20-22(27)25(23(28)32-20)13-16-6-5-7-17(24)10-16/h5-12H,3-4,13-14H2,1-2H3/b20-12-. The van der Waals surface area contributed by atoms with E-state index in [1.807, 2.05) is 13.0 Å². The molecule has 0 aliphatic carbocycles. The van der Waals surface area contributed by atoms with Crippen LogP contribution in [-0.4, -0.2) is 41.8 Å². The average Bonchev–Trinajstić information content (AvgIpc) is 3.01. The van der Waals surface area contributed by atoms with Crippen LogP contribution < -0.4 is 9.47 Å². The number of esters is 1. The number of amides is 2. The fraction of sp³-hybridized carbons (Fsp3) is 0.261. The molecule has 1 heterocycles. The van der Waals surface area contributed by atoms with Gasteiger partial charge >= 0.3 is 5.97 Å². The Morgan fingerprint density at radius 1 is 1.06 bits per heavy atom. The first-order chi connectivity index (χ1) is 15.4. The second-order valence-corrected chi connectivity index (χ2v) is 8.06. The van der Waals surface area contributed by atoms with Crippen LogP contribution in [0.15, 0.2) is 47.4 Å². The molecule has 2 aromatic rings. The molecule has 7 nitrogen and oxygen atoms in total. The van der Waals surface area contributed by atoms with E-state index in [9.17, 15) is 14.4 Å². The third kappa shape index (κ3) is 6.05. The van der Waals surface area contributed by atoms with Gasteiger partial charge in [-0.1, -0.05) is 29.8 Å². The fourth-order valence-corrected chi connectivity index (χ4v) is 4.00. The van der Waals surface area contributed by atoms with Crippen molar-refractivity contribution in [3.8, 4) is 11.5 Å². The van der Waals surface area contributed by atoms with E-state index in [4.69, 9.17) is 25.8 Å². The molecule has 9 heteroatoms. The first-order valence-electron chi connectivity index (χ1n) is 9.96. The SMILES string of the molecule is CCOC(=O)COc1ccc(/C=C2\SC(=O)N(Cc3cccc(Cl)c3)C2=O)cc1OCC. The van der Waals surface area contributed by atoms with Gasteiger partial charge in [0.25, 0.3) is 11.1 Å². The lowest BCUT2D eigenvalue weighted by Crippen LogP contribution is -2.27. The molecule has 0 spiro atoms. The van der Waals surface area contributed by atoms with Gasteiger partial charge in [-0.15, -0.1) is 0 Å². The number of benzene rings is 2. The zero-order valence-electron chi connectivity index (χ0n) is 17.6. The van der Waals surface area contributed by atoms with Crippen molar-refractivity contribution in [2.75, 3.05) is 19.8 Å². The van der Waals surface area contributed by atoms with Gasteiger partial charge in [-0.3, -0.25) is 14.5 Å².